The van der Waals surface area contributed by atoms with Gasteiger partial charge in [-0.3, -0.25) is 5.21 Å². The molecule has 3 rings (SSSR count). The average Bonchev–Trinajstić information content (AvgIpc) is 2.54. The van der Waals surface area contributed by atoms with Gasteiger partial charge in [0.05, 0.1) is 13.5 Å². The summed E-state index contributed by atoms with van der Waals surface area (Å²) in [5.41, 5.74) is 3.30. The van der Waals surface area contributed by atoms with E-state index in [0.717, 1.165) is 21.2 Å². The molecule has 5 nitrogen and oxygen atoms in total. The summed E-state index contributed by atoms with van der Waals surface area (Å²) in [4.78, 5) is 5.12. The molecule has 4 N–H and O–H groups in total. The summed E-state index contributed by atoms with van der Waals surface area (Å²) in [6.07, 6.45) is 5.65. The Bertz CT molecular complexity index is 807. The molecule has 0 unspecified atom stereocenters. The number of nitrogens with zero attached hydrogens (tertiary/aromatic N) is 1. The molecule has 0 saturated carbocycles. The van der Waals surface area contributed by atoms with Crippen LogP contribution in [0.25, 0.3) is 10.8 Å². The van der Waals surface area contributed by atoms with Crippen molar-refractivity contribution in [1.82, 2.24) is 0 Å². The van der Waals surface area contributed by atoms with Crippen molar-refractivity contribution in [3.05, 3.63) is 60.4 Å². The standard InChI is InChI=1S/C17H16N2O3/c1-22-18-14-10-12-6-2-3-7-13(12)11-16(14)19(21)15-8-4-5-9-17(15)20/h2-7,9-11,18H,8H2,1H3,(H-,20,21)/p+2/b19-15-. The molecule has 0 radical (unpaired) electrons. The minimum absolute atomic E-state index is 0.0570. The van der Waals surface area contributed by atoms with Crippen molar-refractivity contribution >= 4 is 27.9 Å². The number of quaternary nitrogens is 1. The van der Waals surface area contributed by atoms with E-state index in [1.54, 1.807) is 24.7 Å². The lowest BCUT2D eigenvalue weighted by Gasteiger charge is -2.06. The fraction of sp³-hybridized carbons (Fsp3) is 0.118. The van der Waals surface area contributed by atoms with Crippen molar-refractivity contribution < 1.29 is 25.4 Å². The highest BCUT2D eigenvalue weighted by molar-refractivity contribution is 5.97. The molecule has 0 atom stereocenters. The van der Waals surface area contributed by atoms with Gasteiger partial charge >= 0.3 is 5.69 Å². The molecule has 22 heavy (non-hydrogen) atoms. The summed E-state index contributed by atoms with van der Waals surface area (Å²) in [6.45, 7) is 0. The Labute approximate surface area is 128 Å². The number of aliphatic hydroxyl groups is 1. The minimum Gasteiger partial charge on any atom is -0.502 e. The summed E-state index contributed by atoms with van der Waals surface area (Å²) in [5, 5.41) is 22.6. The second-order valence-electron chi connectivity index (χ2n) is 5.05. The number of rotatable bonds is 3. The van der Waals surface area contributed by atoms with Gasteiger partial charge < -0.3 is 5.11 Å². The normalized spacial score (nSPS) is 16.7. The maximum atomic E-state index is 10.6. The molecular weight excluding hydrogens is 280 g/mol. The Hall–Kier alpha value is -2.63. The van der Waals surface area contributed by atoms with Gasteiger partial charge in [-0.05, 0) is 16.8 Å². The minimum atomic E-state index is 0.0570. The zero-order valence-electron chi connectivity index (χ0n) is 12.2. The second kappa shape index (κ2) is 6.01. The Morgan fingerprint density at radius 1 is 1.18 bits per heavy atom. The SMILES string of the molecule is CO[NH2+]c1cc2ccccc2cc1/[N+](O)=C1\CC=CC=C1O. The molecule has 0 fully saturated rings. The van der Waals surface area contributed by atoms with Gasteiger partial charge in [0.2, 0.25) is 5.69 Å². The van der Waals surface area contributed by atoms with Gasteiger partial charge in [-0.2, -0.15) is 5.48 Å². The third-order valence-corrected chi connectivity index (χ3v) is 3.62. The molecule has 0 aromatic heterocycles. The smallest absolute Gasteiger partial charge is 0.321 e. The Kier molecular flexibility index (Phi) is 3.91. The molecule has 2 aromatic carbocycles. The molecule has 0 heterocycles. The van der Waals surface area contributed by atoms with Crippen LogP contribution >= 0.6 is 0 Å². The average molecular weight is 298 g/mol. The number of nitrogens with two attached hydrogens (primary N) is 1. The maximum absolute atomic E-state index is 10.6. The Morgan fingerprint density at radius 2 is 1.91 bits per heavy atom. The second-order valence-corrected chi connectivity index (χ2v) is 5.05. The highest BCUT2D eigenvalue weighted by Gasteiger charge is 2.27. The number of aliphatic hydroxyl groups excluding tert-OH is 1. The summed E-state index contributed by atoms with van der Waals surface area (Å²) in [7, 11) is 1.56. The summed E-state index contributed by atoms with van der Waals surface area (Å²) in [6, 6.07) is 11.7. The predicted octanol–water partition coefficient (Wildman–Crippen LogP) is 2.47. The third kappa shape index (κ3) is 2.59. The van der Waals surface area contributed by atoms with Crippen LogP contribution in [0.5, 0.6) is 0 Å². The third-order valence-electron chi connectivity index (χ3n) is 3.62. The van der Waals surface area contributed by atoms with E-state index < -0.39 is 0 Å². The van der Waals surface area contributed by atoms with Crippen LogP contribution in [-0.2, 0) is 4.84 Å². The summed E-state index contributed by atoms with van der Waals surface area (Å²) >= 11 is 0. The number of allylic oxidation sites excluding steroid dienone is 4. The van der Waals surface area contributed by atoms with Gasteiger partial charge in [0.25, 0.3) is 5.71 Å². The van der Waals surface area contributed by atoms with Gasteiger partial charge in [-0.25, -0.2) is 4.84 Å². The number of benzene rings is 2. The van der Waals surface area contributed by atoms with Crippen molar-refractivity contribution in [3.63, 3.8) is 0 Å². The van der Waals surface area contributed by atoms with E-state index >= 15 is 0 Å². The van der Waals surface area contributed by atoms with Gasteiger partial charge in [-0.1, -0.05) is 36.4 Å². The van der Waals surface area contributed by atoms with E-state index in [2.05, 4.69) is 0 Å². The molecule has 0 amide bonds. The number of hydrogen-bond donors (Lipinski definition) is 3. The van der Waals surface area contributed by atoms with E-state index in [-0.39, 0.29) is 5.76 Å². The summed E-state index contributed by atoms with van der Waals surface area (Å²) < 4.78 is 1.02. The molecule has 0 spiro atoms. The van der Waals surface area contributed by atoms with E-state index in [0.29, 0.717) is 17.8 Å². The maximum Gasteiger partial charge on any atom is 0.321 e. The predicted molar refractivity (Wildman–Crippen MR) is 83.7 cm³/mol. The highest BCUT2D eigenvalue weighted by atomic mass is 16.6. The van der Waals surface area contributed by atoms with Gasteiger partial charge in [0.15, 0.2) is 5.76 Å². The molecule has 0 aliphatic heterocycles. The molecule has 0 bridgehead atoms. The molecule has 112 valence electrons. The number of fused-ring (bicyclic) bond motifs is 1. The zero-order valence-corrected chi connectivity index (χ0v) is 12.2. The van der Waals surface area contributed by atoms with Crippen LogP contribution in [0, 0.1) is 0 Å². The fourth-order valence-corrected chi connectivity index (χ4v) is 2.53. The van der Waals surface area contributed by atoms with Crippen molar-refractivity contribution in [2.75, 3.05) is 7.11 Å². The van der Waals surface area contributed by atoms with Crippen molar-refractivity contribution in [3.8, 4) is 0 Å². The van der Waals surface area contributed by atoms with Crippen molar-refractivity contribution in [1.29, 1.82) is 0 Å². The molecule has 1 aliphatic rings. The quantitative estimate of drug-likeness (QED) is 0.353. The van der Waals surface area contributed by atoms with Gasteiger partial charge in [0, 0.05) is 16.9 Å². The van der Waals surface area contributed by atoms with Gasteiger partial charge in [-0.15, -0.1) is 0 Å². The lowest BCUT2D eigenvalue weighted by molar-refractivity contribution is -0.834. The zero-order chi connectivity index (χ0) is 15.5. The topological polar surface area (TPSA) is 69.3 Å². The molecule has 2 aromatic rings. The number of hydrogen-bond acceptors (Lipinski definition) is 3. The lowest BCUT2D eigenvalue weighted by Crippen LogP contribution is -2.76. The van der Waals surface area contributed by atoms with Crippen molar-refractivity contribution in [2.24, 2.45) is 0 Å². The lowest BCUT2D eigenvalue weighted by atomic mass is 10.1. The first kappa shape index (κ1) is 14.3. The van der Waals surface area contributed by atoms with Gasteiger partial charge in [0.1, 0.15) is 0 Å². The van der Waals surface area contributed by atoms with E-state index in [1.807, 2.05) is 42.5 Å². The molecule has 5 heteroatoms. The monoisotopic (exact) mass is 298 g/mol. The first-order chi connectivity index (χ1) is 10.7. The van der Waals surface area contributed by atoms with Crippen LogP contribution in [0.1, 0.15) is 6.42 Å². The van der Waals surface area contributed by atoms with E-state index in [1.165, 1.54) is 0 Å². The van der Waals surface area contributed by atoms with Crippen LogP contribution < -0.4 is 5.48 Å². The molecular formula is C17H18N2O3+2. The van der Waals surface area contributed by atoms with Crippen LogP contribution in [0.2, 0.25) is 0 Å². The first-order valence-corrected chi connectivity index (χ1v) is 7.00. The fourth-order valence-electron chi connectivity index (χ4n) is 2.53. The Morgan fingerprint density at radius 3 is 2.59 bits per heavy atom. The van der Waals surface area contributed by atoms with Crippen LogP contribution in [0.3, 0.4) is 0 Å². The highest BCUT2D eigenvalue weighted by Crippen LogP contribution is 2.28. The van der Waals surface area contributed by atoms with Crippen LogP contribution in [0.4, 0.5) is 11.4 Å². The molecule has 0 saturated heterocycles. The van der Waals surface area contributed by atoms with E-state index in [9.17, 15) is 10.3 Å². The molecule has 1 aliphatic carbocycles. The Balaban J connectivity index is 2.20. The first-order valence-electron chi connectivity index (χ1n) is 7.00. The van der Waals surface area contributed by atoms with Crippen LogP contribution in [0.15, 0.2) is 60.4 Å². The largest absolute Gasteiger partial charge is 0.502 e. The summed E-state index contributed by atoms with van der Waals surface area (Å²) in [5.74, 6) is 0.0570. The van der Waals surface area contributed by atoms with E-state index in [4.69, 9.17) is 4.84 Å². The van der Waals surface area contributed by atoms with Crippen molar-refractivity contribution in [2.45, 2.75) is 6.42 Å². The van der Waals surface area contributed by atoms with Crippen LogP contribution in [-0.4, -0.2) is 27.9 Å².